The number of likely N-dealkylation sites (N-methyl/N-ethyl adjacent to an activating group) is 2. The van der Waals surface area contributed by atoms with Gasteiger partial charge in [0.1, 0.15) is 0 Å². The van der Waals surface area contributed by atoms with E-state index in [-0.39, 0.29) is 5.54 Å². The molecule has 1 rings (SSSR count). The van der Waals surface area contributed by atoms with Crippen molar-refractivity contribution in [3.63, 3.8) is 0 Å². The molecule has 0 aromatic heterocycles. The number of nitrogens with zero attached hydrogens (tertiary/aromatic N) is 3. The first kappa shape index (κ1) is 13.9. The van der Waals surface area contributed by atoms with E-state index in [9.17, 15) is 0 Å². The number of nitrogens with two attached hydrogens (primary N) is 1. The zero-order chi connectivity index (χ0) is 12.3. The maximum atomic E-state index is 5.85. The van der Waals surface area contributed by atoms with Crippen LogP contribution in [0.2, 0.25) is 0 Å². The summed E-state index contributed by atoms with van der Waals surface area (Å²) in [5.41, 5.74) is 6.08. The van der Waals surface area contributed by atoms with E-state index in [1.165, 1.54) is 0 Å². The van der Waals surface area contributed by atoms with E-state index < -0.39 is 0 Å². The third-order valence-electron chi connectivity index (χ3n) is 3.72. The van der Waals surface area contributed by atoms with Gasteiger partial charge in [0.05, 0.1) is 0 Å². The van der Waals surface area contributed by atoms with Gasteiger partial charge in [0.2, 0.25) is 0 Å². The van der Waals surface area contributed by atoms with Crippen molar-refractivity contribution in [1.29, 1.82) is 0 Å². The average molecular weight is 228 g/mol. The summed E-state index contributed by atoms with van der Waals surface area (Å²) in [5.74, 6) is 0. The Hall–Kier alpha value is -0.160. The molecule has 2 N–H and O–H groups in total. The zero-order valence-corrected chi connectivity index (χ0v) is 11.5. The molecule has 0 amide bonds. The van der Waals surface area contributed by atoms with Crippen LogP contribution < -0.4 is 5.73 Å². The lowest BCUT2D eigenvalue weighted by molar-refractivity contribution is -0.00450. The Morgan fingerprint density at radius 2 is 2.00 bits per heavy atom. The fourth-order valence-corrected chi connectivity index (χ4v) is 2.38. The lowest BCUT2D eigenvalue weighted by Gasteiger charge is -2.50. The Morgan fingerprint density at radius 3 is 2.50 bits per heavy atom. The van der Waals surface area contributed by atoms with Gasteiger partial charge in [-0.05, 0) is 35.0 Å². The van der Waals surface area contributed by atoms with Gasteiger partial charge in [-0.1, -0.05) is 0 Å². The van der Waals surface area contributed by atoms with Gasteiger partial charge in [-0.15, -0.1) is 0 Å². The molecule has 0 aliphatic carbocycles. The van der Waals surface area contributed by atoms with E-state index in [4.69, 9.17) is 5.73 Å². The SMILES string of the molecule is CN(C)CCN1CC(CN)N(C)C(C)(C)C1. The highest BCUT2D eigenvalue weighted by atomic mass is 15.3. The van der Waals surface area contributed by atoms with E-state index >= 15 is 0 Å². The molecule has 4 heteroatoms. The van der Waals surface area contributed by atoms with Crippen LogP contribution in [0, 0.1) is 0 Å². The molecule has 0 bridgehead atoms. The van der Waals surface area contributed by atoms with Gasteiger partial charge in [-0.2, -0.15) is 0 Å². The van der Waals surface area contributed by atoms with Crippen molar-refractivity contribution >= 4 is 0 Å². The first-order valence-corrected chi connectivity index (χ1v) is 6.17. The molecular weight excluding hydrogens is 200 g/mol. The molecule has 1 unspecified atom stereocenters. The summed E-state index contributed by atoms with van der Waals surface area (Å²) in [5, 5.41) is 0. The summed E-state index contributed by atoms with van der Waals surface area (Å²) in [7, 11) is 6.45. The first-order valence-electron chi connectivity index (χ1n) is 6.17. The van der Waals surface area contributed by atoms with Gasteiger partial charge >= 0.3 is 0 Å². The summed E-state index contributed by atoms with van der Waals surface area (Å²) < 4.78 is 0. The fraction of sp³-hybridized carbons (Fsp3) is 1.00. The van der Waals surface area contributed by atoms with Gasteiger partial charge in [0.25, 0.3) is 0 Å². The fourth-order valence-electron chi connectivity index (χ4n) is 2.38. The van der Waals surface area contributed by atoms with Crippen molar-refractivity contribution in [3.8, 4) is 0 Å². The van der Waals surface area contributed by atoms with Crippen molar-refractivity contribution in [2.75, 3.05) is 53.9 Å². The normalized spacial score (nSPS) is 27.6. The quantitative estimate of drug-likeness (QED) is 0.729. The van der Waals surface area contributed by atoms with E-state index in [1.807, 2.05) is 0 Å². The molecule has 0 aromatic carbocycles. The second-order valence-corrected chi connectivity index (χ2v) is 5.85. The van der Waals surface area contributed by atoms with E-state index in [0.29, 0.717) is 6.04 Å². The Morgan fingerprint density at radius 1 is 1.38 bits per heavy atom. The summed E-state index contributed by atoms with van der Waals surface area (Å²) in [6.07, 6.45) is 0. The van der Waals surface area contributed by atoms with E-state index in [2.05, 4.69) is 49.7 Å². The molecule has 0 aromatic rings. The van der Waals surface area contributed by atoms with E-state index in [1.54, 1.807) is 0 Å². The van der Waals surface area contributed by atoms with Crippen LogP contribution in [0.3, 0.4) is 0 Å². The number of rotatable bonds is 4. The lowest BCUT2D eigenvalue weighted by Crippen LogP contribution is -2.64. The Bertz CT molecular complexity index is 215. The highest BCUT2D eigenvalue weighted by Crippen LogP contribution is 2.22. The summed E-state index contributed by atoms with van der Waals surface area (Å²) in [6, 6.07) is 0.492. The molecule has 96 valence electrons. The van der Waals surface area contributed by atoms with Gasteiger partial charge in [0.15, 0.2) is 0 Å². The Labute approximate surface area is 100 Å². The van der Waals surface area contributed by atoms with Crippen molar-refractivity contribution in [1.82, 2.24) is 14.7 Å². The molecule has 1 aliphatic rings. The smallest absolute Gasteiger partial charge is 0.0348 e. The predicted molar refractivity (Wildman–Crippen MR) is 69.7 cm³/mol. The minimum absolute atomic E-state index is 0.231. The zero-order valence-electron chi connectivity index (χ0n) is 11.5. The highest BCUT2D eigenvalue weighted by molar-refractivity contribution is 4.94. The van der Waals surface area contributed by atoms with Crippen LogP contribution in [0.15, 0.2) is 0 Å². The standard InChI is InChI=1S/C12H28N4/c1-12(2)10-16(7-6-14(3)4)9-11(8-13)15(12)5/h11H,6-10,13H2,1-5H3. The molecule has 16 heavy (non-hydrogen) atoms. The minimum atomic E-state index is 0.231. The number of hydrogen-bond acceptors (Lipinski definition) is 4. The molecule has 0 saturated carbocycles. The molecule has 1 aliphatic heterocycles. The average Bonchev–Trinajstić information content (AvgIpc) is 2.19. The van der Waals surface area contributed by atoms with Crippen LogP contribution in [0.25, 0.3) is 0 Å². The highest BCUT2D eigenvalue weighted by Gasteiger charge is 2.36. The second kappa shape index (κ2) is 5.45. The molecule has 1 heterocycles. The van der Waals surface area contributed by atoms with Crippen LogP contribution in [-0.2, 0) is 0 Å². The van der Waals surface area contributed by atoms with Crippen molar-refractivity contribution in [3.05, 3.63) is 0 Å². The summed E-state index contributed by atoms with van der Waals surface area (Å²) in [6.45, 7) is 9.85. The van der Waals surface area contributed by atoms with Gasteiger partial charge in [-0.3, -0.25) is 9.80 Å². The van der Waals surface area contributed by atoms with Gasteiger partial charge < -0.3 is 10.6 Å². The van der Waals surface area contributed by atoms with Crippen LogP contribution in [0.5, 0.6) is 0 Å². The molecule has 1 saturated heterocycles. The number of piperazine rings is 1. The molecule has 1 atom stereocenters. The predicted octanol–water partition coefficient (Wildman–Crippen LogP) is -0.0987. The van der Waals surface area contributed by atoms with Crippen LogP contribution >= 0.6 is 0 Å². The molecule has 4 nitrogen and oxygen atoms in total. The van der Waals surface area contributed by atoms with Crippen molar-refractivity contribution in [2.24, 2.45) is 5.73 Å². The summed E-state index contributed by atoms with van der Waals surface area (Å²) >= 11 is 0. The molecule has 0 radical (unpaired) electrons. The first-order chi connectivity index (χ1) is 7.36. The Kier molecular flexibility index (Phi) is 4.73. The Balaban J connectivity index is 2.56. The van der Waals surface area contributed by atoms with Crippen molar-refractivity contribution in [2.45, 2.75) is 25.4 Å². The maximum Gasteiger partial charge on any atom is 0.0348 e. The molecule has 1 fully saturated rings. The van der Waals surface area contributed by atoms with Gasteiger partial charge in [-0.25, -0.2) is 0 Å². The third kappa shape index (κ3) is 3.42. The topological polar surface area (TPSA) is 35.7 Å². The number of hydrogen-bond donors (Lipinski definition) is 1. The maximum absolute atomic E-state index is 5.85. The lowest BCUT2D eigenvalue weighted by atomic mass is 9.95. The third-order valence-corrected chi connectivity index (χ3v) is 3.72. The molecular formula is C12H28N4. The van der Waals surface area contributed by atoms with E-state index in [0.717, 1.165) is 32.7 Å². The summed E-state index contributed by atoms with van der Waals surface area (Å²) in [4.78, 5) is 7.21. The van der Waals surface area contributed by atoms with Gasteiger partial charge in [0, 0.05) is 44.3 Å². The molecule has 0 spiro atoms. The van der Waals surface area contributed by atoms with Crippen LogP contribution in [-0.4, -0.2) is 80.1 Å². The van der Waals surface area contributed by atoms with Crippen molar-refractivity contribution < 1.29 is 0 Å². The monoisotopic (exact) mass is 228 g/mol. The van der Waals surface area contributed by atoms with Crippen LogP contribution in [0.4, 0.5) is 0 Å². The minimum Gasteiger partial charge on any atom is -0.329 e. The largest absolute Gasteiger partial charge is 0.329 e. The van der Waals surface area contributed by atoms with Crippen LogP contribution in [0.1, 0.15) is 13.8 Å². The second-order valence-electron chi connectivity index (χ2n) is 5.85.